The number of ether oxygens (including phenoxy) is 1. The highest BCUT2D eigenvalue weighted by molar-refractivity contribution is 5.83. The van der Waals surface area contributed by atoms with Crippen LogP contribution in [0.1, 0.15) is 69.1 Å². The van der Waals surface area contributed by atoms with E-state index in [1.807, 2.05) is 25.6 Å². The predicted molar refractivity (Wildman–Crippen MR) is 128 cm³/mol. The zero-order valence-corrected chi connectivity index (χ0v) is 20.6. The summed E-state index contributed by atoms with van der Waals surface area (Å²) in [4.78, 5) is 15.6. The van der Waals surface area contributed by atoms with Crippen LogP contribution in [0.25, 0.3) is 11.3 Å². The fourth-order valence-electron chi connectivity index (χ4n) is 6.06. The summed E-state index contributed by atoms with van der Waals surface area (Å²) >= 11 is 0. The van der Waals surface area contributed by atoms with E-state index in [4.69, 9.17) is 9.84 Å². The fourth-order valence-corrected chi connectivity index (χ4v) is 6.06. The first-order valence-corrected chi connectivity index (χ1v) is 12.4. The quantitative estimate of drug-likeness (QED) is 0.682. The van der Waals surface area contributed by atoms with Gasteiger partial charge in [-0.1, -0.05) is 17.2 Å². The molecule has 6 nitrogen and oxygen atoms in total. The summed E-state index contributed by atoms with van der Waals surface area (Å²) in [5.41, 5.74) is 4.54. The number of amides is 1. The van der Waals surface area contributed by atoms with E-state index in [1.54, 1.807) is 0 Å². The largest absolute Gasteiger partial charge is 0.475 e. The van der Waals surface area contributed by atoms with Gasteiger partial charge < -0.3 is 14.7 Å². The number of carbonyl (C=O) groups excluding carboxylic acids is 1. The Balaban J connectivity index is 1.46. The van der Waals surface area contributed by atoms with E-state index in [0.717, 1.165) is 55.3 Å². The number of benzene rings is 1. The van der Waals surface area contributed by atoms with Gasteiger partial charge in [0.15, 0.2) is 0 Å². The van der Waals surface area contributed by atoms with Crippen molar-refractivity contribution < 1.29 is 14.6 Å². The zero-order chi connectivity index (χ0) is 23.5. The normalized spacial score (nSPS) is 23.3. The van der Waals surface area contributed by atoms with Crippen molar-refractivity contribution in [1.82, 2.24) is 14.7 Å². The lowest BCUT2D eigenvalue weighted by molar-refractivity contribution is -0.143. The van der Waals surface area contributed by atoms with Gasteiger partial charge >= 0.3 is 0 Å². The Hall–Kier alpha value is -2.34. The number of rotatable bonds is 7. The topological polar surface area (TPSA) is 67.6 Å². The Bertz CT molecular complexity index is 1040. The Morgan fingerprint density at radius 2 is 1.70 bits per heavy atom. The van der Waals surface area contributed by atoms with Gasteiger partial charge in [0.05, 0.1) is 23.3 Å². The van der Waals surface area contributed by atoms with E-state index in [1.165, 1.54) is 11.1 Å². The molecule has 3 heterocycles. The van der Waals surface area contributed by atoms with Gasteiger partial charge in [-0.25, -0.2) is 0 Å². The average molecular weight is 452 g/mol. The summed E-state index contributed by atoms with van der Waals surface area (Å²) in [5.74, 6) is 0.756. The molecule has 1 N–H and O–H groups in total. The minimum absolute atomic E-state index is 0.0757. The van der Waals surface area contributed by atoms with E-state index >= 15 is 0 Å². The van der Waals surface area contributed by atoms with Gasteiger partial charge in [-0.2, -0.15) is 0 Å². The fraction of sp³-hybridized carbons (Fsp3) is 0.630. The molecule has 2 bridgehead atoms. The number of nitrogens with zero attached hydrogens (tertiary/aromatic N) is 3. The number of aromatic nitrogens is 2. The van der Waals surface area contributed by atoms with Gasteiger partial charge in [-0.05, 0) is 78.4 Å². The number of hydrogen-bond donors (Lipinski definition) is 1. The van der Waals surface area contributed by atoms with Crippen molar-refractivity contribution in [2.24, 2.45) is 12.5 Å². The molecule has 0 atom stereocenters. The second-order valence-corrected chi connectivity index (χ2v) is 11.3. The van der Waals surface area contributed by atoms with Gasteiger partial charge in [0.25, 0.3) is 0 Å². The number of aryl methyl sites for hydroxylation is 3. The molecule has 3 fully saturated rings. The number of fused-ring (bicyclic) bond motifs is 2. The summed E-state index contributed by atoms with van der Waals surface area (Å²) in [7, 11) is 1.94. The van der Waals surface area contributed by atoms with Gasteiger partial charge in [0.2, 0.25) is 11.8 Å². The Morgan fingerprint density at radius 1 is 1.12 bits per heavy atom. The second-order valence-electron chi connectivity index (χ2n) is 11.3. The minimum Gasteiger partial charge on any atom is -0.475 e. The first-order valence-electron chi connectivity index (χ1n) is 12.4. The van der Waals surface area contributed by atoms with E-state index < -0.39 is 5.41 Å². The lowest BCUT2D eigenvalue weighted by Gasteiger charge is -2.32. The highest BCUT2D eigenvalue weighted by atomic mass is 16.5. The van der Waals surface area contributed by atoms with Crippen LogP contribution < -0.4 is 4.74 Å². The molecular weight excluding hydrogens is 414 g/mol. The molecule has 6 heteroatoms. The van der Waals surface area contributed by atoms with E-state index in [9.17, 15) is 9.90 Å². The summed E-state index contributed by atoms with van der Waals surface area (Å²) in [6.45, 7) is 8.52. The summed E-state index contributed by atoms with van der Waals surface area (Å²) in [6, 6.07) is 7.32. The van der Waals surface area contributed by atoms with Crippen molar-refractivity contribution in [3.63, 3.8) is 0 Å². The molecule has 33 heavy (non-hydrogen) atoms. The van der Waals surface area contributed by atoms with E-state index in [0.29, 0.717) is 18.0 Å². The van der Waals surface area contributed by atoms with Crippen LogP contribution in [0, 0.1) is 19.3 Å². The van der Waals surface area contributed by atoms with Crippen LogP contribution in [0.3, 0.4) is 0 Å². The molecule has 178 valence electrons. The van der Waals surface area contributed by atoms with Crippen LogP contribution in [0.15, 0.2) is 18.2 Å². The zero-order valence-electron chi connectivity index (χ0n) is 20.6. The summed E-state index contributed by atoms with van der Waals surface area (Å²) in [6.07, 6.45) is 6.38. The summed E-state index contributed by atoms with van der Waals surface area (Å²) in [5, 5.41) is 15.1. The maximum Gasteiger partial charge on any atom is 0.237 e. The summed E-state index contributed by atoms with van der Waals surface area (Å²) < 4.78 is 8.23. The minimum atomic E-state index is -0.629. The highest BCUT2D eigenvalue weighted by Gasteiger charge is 2.50. The van der Waals surface area contributed by atoms with E-state index in [2.05, 4.69) is 36.9 Å². The number of aliphatic hydroxyl groups is 1. The Morgan fingerprint density at radius 3 is 2.21 bits per heavy atom. The monoisotopic (exact) mass is 451 g/mol. The Labute approximate surface area is 196 Å². The van der Waals surface area contributed by atoms with Crippen molar-refractivity contribution in [3.8, 4) is 17.1 Å². The highest BCUT2D eigenvalue weighted by Crippen LogP contribution is 2.54. The van der Waals surface area contributed by atoms with Crippen molar-refractivity contribution in [3.05, 3.63) is 34.9 Å². The first-order chi connectivity index (χ1) is 15.6. The molecule has 0 radical (unpaired) electrons. The molecule has 1 saturated carbocycles. The molecule has 1 amide bonds. The third kappa shape index (κ3) is 3.76. The first kappa shape index (κ1) is 22.5. The smallest absolute Gasteiger partial charge is 0.237 e. The average Bonchev–Trinajstić information content (AvgIpc) is 3.13. The predicted octanol–water partition coefficient (Wildman–Crippen LogP) is 4.29. The molecule has 3 aliphatic rings. The van der Waals surface area contributed by atoms with Gasteiger partial charge in [-0.15, -0.1) is 5.10 Å². The second kappa shape index (κ2) is 7.86. The SMILES string of the molecule is Cc1cc(C)cc(-c2c(C3(CO)CC3)c(OCC(C)(C)C(=O)N3C4CCC3CC4)nn2C)c1. The van der Waals surface area contributed by atoms with Crippen molar-refractivity contribution >= 4 is 5.91 Å². The van der Waals surface area contributed by atoms with Crippen molar-refractivity contribution in [1.29, 1.82) is 0 Å². The van der Waals surface area contributed by atoms with E-state index in [-0.39, 0.29) is 24.5 Å². The molecule has 2 aliphatic heterocycles. The molecular formula is C27H37N3O3. The van der Waals surface area contributed by atoms with Gasteiger partial charge in [-0.3, -0.25) is 9.48 Å². The van der Waals surface area contributed by atoms with Crippen LogP contribution in [0.5, 0.6) is 5.88 Å². The number of carbonyl (C=O) groups is 1. The molecule has 1 aliphatic carbocycles. The third-order valence-corrected chi connectivity index (χ3v) is 8.03. The van der Waals surface area contributed by atoms with Crippen LogP contribution in [0.4, 0.5) is 0 Å². The lowest BCUT2D eigenvalue weighted by atomic mass is 9.91. The Kier molecular flexibility index (Phi) is 5.35. The van der Waals surface area contributed by atoms with Crippen molar-refractivity contribution in [2.45, 2.75) is 83.7 Å². The van der Waals surface area contributed by atoms with Gasteiger partial charge in [0, 0.05) is 30.1 Å². The maximum absolute atomic E-state index is 13.4. The molecule has 0 unspecified atom stereocenters. The molecule has 2 saturated heterocycles. The standard InChI is InChI=1S/C27H37N3O3/c1-17-12-18(2)14-19(13-17)23-22(27(15-31)10-11-27)24(28-29(23)5)33-16-26(3,4)25(32)30-20-6-7-21(30)9-8-20/h12-14,20-21,31H,6-11,15-16H2,1-5H3. The molecule has 1 aromatic heterocycles. The van der Waals surface area contributed by atoms with Crippen LogP contribution in [-0.4, -0.2) is 51.0 Å². The molecule has 0 spiro atoms. The van der Waals surface area contributed by atoms with Gasteiger partial charge in [0.1, 0.15) is 6.61 Å². The molecule has 1 aromatic carbocycles. The van der Waals surface area contributed by atoms with Crippen LogP contribution >= 0.6 is 0 Å². The third-order valence-electron chi connectivity index (χ3n) is 8.03. The number of aliphatic hydroxyl groups excluding tert-OH is 1. The molecule has 2 aromatic rings. The number of hydrogen-bond acceptors (Lipinski definition) is 4. The lowest BCUT2D eigenvalue weighted by Crippen LogP contribution is -2.46. The maximum atomic E-state index is 13.4. The van der Waals surface area contributed by atoms with Crippen molar-refractivity contribution in [2.75, 3.05) is 13.2 Å². The van der Waals surface area contributed by atoms with Crippen LogP contribution in [0.2, 0.25) is 0 Å². The van der Waals surface area contributed by atoms with Crippen LogP contribution in [-0.2, 0) is 17.3 Å². The molecule has 5 rings (SSSR count).